The van der Waals surface area contributed by atoms with E-state index in [9.17, 15) is 9.18 Å². The first-order valence-corrected chi connectivity index (χ1v) is 7.42. The molecule has 0 spiro atoms. The van der Waals surface area contributed by atoms with Crippen LogP contribution in [-0.2, 0) is 0 Å². The van der Waals surface area contributed by atoms with Gasteiger partial charge in [-0.3, -0.25) is 4.79 Å². The van der Waals surface area contributed by atoms with E-state index in [1.807, 2.05) is 18.2 Å². The van der Waals surface area contributed by atoms with Gasteiger partial charge in [-0.15, -0.1) is 0 Å². The van der Waals surface area contributed by atoms with Gasteiger partial charge >= 0.3 is 0 Å². The molecule has 2 aliphatic rings. The summed E-state index contributed by atoms with van der Waals surface area (Å²) in [5, 5.41) is 14.8. The summed E-state index contributed by atoms with van der Waals surface area (Å²) in [6.45, 7) is 0. The van der Waals surface area contributed by atoms with Gasteiger partial charge < -0.3 is 5.32 Å². The number of aromatic nitrogens is 4. The maximum Gasteiger partial charge on any atom is 0.248 e. The number of fused-ring (bicyclic) bond motifs is 3. The number of hydrogen-bond acceptors (Lipinski definition) is 5. The molecule has 0 amide bonds. The lowest BCUT2D eigenvalue weighted by Crippen LogP contribution is -2.25. The molecule has 0 bridgehead atoms. The van der Waals surface area contributed by atoms with E-state index in [0.29, 0.717) is 22.8 Å². The largest absolute Gasteiger partial charge is 0.322 e. The third-order valence-corrected chi connectivity index (χ3v) is 4.39. The van der Waals surface area contributed by atoms with Crippen LogP contribution in [0.2, 0.25) is 0 Å². The highest BCUT2D eigenvalue weighted by Gasteiger charge is 2.41. The number of tetrazole rings is 1. The summed E-state index contributed by atoms with van der Waals surface area (Å²) in [5.74, 6) is 0.0519. The summed E-state index contributed by atoms with van der Waals surface area (Å²) in [6.07, 6.45) is 0. The summed E-state index contributed by atoms with van der Waals surface area (Å²) in [4.78, 5) is 13.0. The van der Waals surface area contributed by atoms with Gasteiger partial charge in [0.15, 0.2) is 5.78 Å². The third-order valence-electron chi connectivity index (χ3n) is 4.39. The van der Waals surface area contributed by atoms with Gasteiger partial charge in [-0.05, 0) is 28.1 Å². The van der Waals surface area contributed by atoms with E-state index >= 15 is 0 Å². The fraction of sp³-hybridized carbons (Fsp3) is 0.0588. The molecular weight excluding hydrogens is 309 g/mol. The fourth-order valence-electron chi connectivity index (χ4n) is 3.34. The minimum atomic E-state index is -0.494. The van der Waals surface area contributed by atoms with Crippen LogP contribution in [0.15, 0.2) is 54.1 Å². The van der Waals surface area contributed by atoms with Crippen molar-refractivity contribution in [2.24, 2.45) is 0 Å². The fourth-order valence-corrected chi connectivity index (χ4v) is 3.34. The number of carbonyl (C=O) groups is 1. The van der Waals surface area contributed by atoms with Crippen LogP contribution in [0.3, 0.4) is 0 Å². The van der Waals surface area contributed by atoms with Gasteiger partial charge in [-0.2, -0.15) is 4.68 Å². The molecule has 116 valence electrons. The van der Waals surface area contributed by atoms with Crippen molar-refractivity contribution in [3.63, 3.8) is 0 Å². The van der Waals surface area contributed by atoms with Crippen LogP contribution >= 0.6 is 0 Å². The minimum absolute atomic E-state index is 0.0661. The molecule has 7 heteroatoms. The Hall–Kier alpha value is -3.35. The molecule has 1 aliphatic carbocycles. The summed E-state index contributed by atoms with van der Waals surface area (Å²) >= 11 is 0. The summed E-state index contributed by atoms with van der Waals surface area (Å²) in [6, 6.07) is 13.0. The number of nitrogens with one attached hydrogen (secondary N) is 1. The van der Waals surface area contributed by atoms with Crippen molar-refractivity contribution in [2.45, 2.75) is 6.04 Å². The molecule has 3 aromatic rings. The Morgan fingerprint density at radius 2 is 1.79 bits per heavy atom. The first-order valence-electron chi connectivity index (χ1n) is 7.42. The molecule has 2 aromatic carbocycles. The normalized spacial score (nSPS) is 18.0. The van der Waals surface area contributed by atoms with Crippen molar-refractivity contribution in [1.82, 2.24) is 20.2 Å². The summed E-state index contributed by atoms with van der Waals surface area (Å²) < 4.78 is 14.9. The molecule has 0 fully saturated rings. The highest BCUT2D eigenvalue weighted by atomic mass is 19.1. The molecule has 1 aliphatic heterocycles. The molecular formula is C17H10FN5O. The quantitative estimate of drug-likeness (QED) is 0.746. The number of nitrogens with zero attached hydrogens (tertiary/aromatic N) is 4. The lowest BCUT2D eigenvalue weighted by atomic mass is 9.94. The van der Waals surface area contributed by atoms with E-state index < -0.39 is 6.04 Å². The van der Waals surface area contributed by atoms with Crippen molar-refractivity contribution >= 4 is 17.4 Å². The zero-order valence-electron chi connectivity index (χ0n) is 12.3. The predicted octanol–water partition coefficient (Wildman–Crippen LogP) is 2.43. The van der Waals surface area contributed by atoms with Gasteiger partial charge in [0.25, 0.3) is 0 Å². The molecule has 5 rings (SSSR count). The molecule has 0 saturated heterocycles. The molecule has 1 aromatic heterocycles. The van der Waals surface area contributed by atoms with Crippen LogP contribution in [0.1, 0.15) is 27.5 Å². The molecule has 1 atom stereocenters. The number of ketones is 1. The van der Waals surface area contributed by atoms with Gasteiger partial charge in [0, 0.05) is 11.1 Å². The molecule has 0 saturated carbocycles. The van der Waals surface area contributed by atoms with Crippen molar-refractivity contribution in [3.05, 3.63) is 76.6 Å². The maximum atomic E-state index is 13.3. The van der Waals surface area contributed by atoms with E-state index in [1.165, 1.54) is 12.1 Å². The van der Waals surface area contributed by atoms with Crippen LogP contribution in [0, 0.1) is 5.82 Å². The number of halogens is 1. The Balaban J connectivity index is 1.77. The number of anilines is 1. The van der Waals surface area contributed by atoms with Crippen molar-refractivity contribution < 1.29 is 9.18 Å². The Bertz CT molecular complexity index is 1020. The molecule has 6 nitrogen and oxygen atoms in total. The van der Waals surface area contributed by atoms with E-state index in [2.05, 4.69) is 20.8 Å². The first kappa shape index (κ1) is 13.1. The Morgan fingerprint density at radius 3 is 2.58 bits per heavy atom. The number of hydrogen-bond donors (Lipinski definition) is 1. The minimum Gasteiger partial charge on any atom is -0.322 e. The standard InChI is InChI=1S/C17H10FN5O/c18-10-7-5-9(6-8-10)15-13-14(19-17-20-21-22-23(15)17)11-3-1-2-4-12(11)16(13)24/h1-8,15H,(H,19,20,22). The average molecular weight is 319 g/mol. The molecule has 24 heavy (non-hydrogen) atoms. The SMILES string of the molecule is O=C1C2=C(Nc3nnnn3C2c2ccc(F)cc2)c2ccccc21. The lowest BCUT2D eigenvalue weighted by Gasteiger charge is -2.25. The van der Waals surface area contributed by atoms with Crippen molar-refractivity contribution in [2.75, 3.05) is 5.32 Å². The summed E-state index contributed by atoms with van der Waals surface area (Å²) in [5.41, 5.74) is 3.51. The number of rotatable bonds is 1. The van der Waals surface area contributed by atoms with Crippen LogP contribution < -0.4 is 5.32 Å². The predicted molar refractivity (Wildman–Crippen MR) is 83.7 cm³/mol. The van der Waals surface area contributed by atoms with Crippen molar-refractivity contribution in [1.29, 1.82) is 0 Å². The van der Waals surface area contributed by atoms with Gasteiger partial charge in [0.2, 0.25) is 5.95 Å². The third kappa shape index (κ3) is 1.63. The van der Waals surface area contributed by atoms with Crippen molar-refractivity contribution in [3.8, 4) is 0 Å². The second-order valence-electron chi connectivity index (χ2n) is 5.69. The highest BCUT2D eigenvalue weighted by Crippen LogP contribution is 2.44. The van der Waals surface area contributed by atoms with Gasteiger partial charge in [-0.25, -0.2) is 4.39 Å². The van der Waals surface area contributed by atoms with Gasteiger partial charge in [-0.1, -0.05) is 41.5 Å². The molecule has 1 N–H and O–H groups in total. The molecule has 1 unspecified atom stereocenters. The smallest absolute Gasteiger partial charge is 0.248 e. The lowest BCUT2D eigenvalue weighted by molar-refractivity contribution is 0.102. The second kappa shape index (κ2) is 4.58. The zero-order valence-corrected chi connectivity index (χ0v) is 12.3. The highest BCUT2D eigenvalue weighted by molar-refractivity contribution is 6.23. The van der Waals surface area contributed by atoms with E-state index in [-0.39, 0.29) is 11.6 Å². The van der Waals surface area contributed by atoms with Crippen LogP contribution in [0.25, 0.3) is 5.70 Å². The topological polar surface area (TPSA) is 72.7 Å². The summed E-state index contributed by atoms with van der Waals surface area (Å²) in [7, 11) is 0. The van der Waals surface area contributed by atoms with E-state index in [4.69, 9.17) is 0 Å². The van der Waals surface area contributed by atoms with Crippen LogP contribution in [0.5, 0.6) is 0 Å². The number of Topliss-reactive ketones (excluding diaryl/α,β-unsaturated/α-hetero) is 1. The average Bonchev–Trinajstić information content (AvgIpc) is 3.18. The number of allylic oxidation sites excluding steroid dienone is 1. The number of benzene rings is 2. The first-order chi connectivity index (χ1) is 11.7. The maximum absolute atomic E-state index is 13.3. The van der Waals surface area contributed by atoms with Crippen LogP contribution in [0.4, 0.5) is 10.3 Å². The van der Waals surface area contributed by atoms with Gasteiger partial charge in [0.05, 0.1) is 11.3 Å². The Kier molecular flexibility index (Phi) is 2.50. The second-order valence-corrected chi connectivity index (χ2v) is 5.69. The monoisotopic (exact) mass is 319 g/mol. The van der Waals surface area contributed by atoms with E-state index in [1.54, 1.807) is 22.9 Å². The number of carbonyl (C=O) groups excluding carboxylic acids is 1. The zero-order chi connectivity index (χ0) is 16.3. The Labute approximate surface area is 135 Å². The molecule has 0 radical (unpaired) electrons. The van der Waals surface area contributed by atoms with Crippen LogP contribution in [-0.4, -0.2) is 26.0 Å². The van der Waals surface area contributed by atoms with E-state index in [0.717, 1.165) is 11.1 Å². The molecule has 2 heterocycles. The Morgan fingerprint density at radius 1 is 1.04 bits per heavy atom. The van der Waals surface area contributed by atoms with Gasteiger partial charge in [0.1, 0.15) is 11.9 Å².